The minimum Gasteiger partial charge on any atom is -0.494 e. The number of benzene rings is 1. The van der Waals surface area contributed by atoms with Gasteiger partial charge < -0.3 is 15.6 Å². The van der Waals surface area contributed by atoms with Crippen LogP contribution < -0.4 is 10.5 Å². The molecular weight excluding hydrogens is 194 g/mol. The lowest BCUT2D eigenvalue weighted by atomic mass is 10.2. The zero-order valence-electron chi connectivity index (χ0n) is 8.48. The van der Waals surface area contributed by atoms with Crippen LogP contribution >= 0.6 is 0 Å². The third-order valence-electron chi connectivity index (χ3n) is 1.91. The van der Waals surface area contributed by atoms with Gasteiger partial charge in [0.15, 0.2) is 0 Å². The van der Waals surface area contributed by atoms with Crippen molar-refractivity contribution in [3.8, 4) is 5.75 Å². The van der Waals surface area contributed by atoms with E-state index < -0.39 is 5.97 Å². The molecule has 3 N–H and O–H groups in total. The minimum atomic E-state index is -0.765. The molecule has 0 radical (unpaired) electrons. The van der Waals surface area contributed by atoms with Crippen LogP contribution in [0.2, 0.25) is 0 Å². The number of hydrogen-bond donors (Lipinski definition) is 2. The molecule has 0 aromatic heterocycles. The lowest BCUT2D eigenvalue weighted by molar-refractivity contribution is -0.137. The summed E-state index contributed by atoms with van der Waals surface area (Å²) < 4.78 is 5.40. The highest BCUT2D eigenvalue weighted by Crippen LogP contribution is 2.14. The topological polar surface area (TPSA) is 72.5 Å². The molecule has 0 heterocycles. The Labute approximate surface area is 88.7 Å². The maximum Gasteiger partial charge on any atom is 0.303 e. The normalized spacial score (nSPS) is 9.87. The predicted octanol–water partition coefficient (Wildman–Crippen LogP) is 1.90. The number of nitrogens with two attached hydrogens (primary N) is 1. The fraction of sp³-hybridized carbons (Fsp3) is 0.364. The summed E-state index contributed by atoms with van der Waals surface area (Å²) in [6, 6.07) is 7.18. The Morgan fingerprint density at radius 1 is 1.40 bits per heavy atom. The van der Waals surface area contributed by atoms with E-state index in [9.17, 15) is 4.79 Å². The molecule has 0 aliphatic heterocycles. The summed E-state index contributed by atoms with van der Waals surface area (Å²) in [5.74, 6) is -0.0377. The molecule has 1 rings (SSSR count). The number of carboxylic acids is 1. The van der Waals surface area contributed by atoms with Gasteiger partial charge in [-0.25, -0.2) is 0 Å². The van der Waals surface area contributed by atoms with Gasteiger partial charge in [-0.15, -0.1) is 0 Å². The monoisotopic (exact) mass is 209 g/mol. The average molecular weight is 209 g/mol. The van der Waals surface area contributed by atoms with Crippen LogP contribution in [0.25, 0.3) is 0 Å². The van der Waals surface area contributed by atoms with E-state index in [1.54, 1.807) is 12.1 Å². The molecule has 0 fully saturated rings. The Bertz CT molecular complexity index is 325. The standard InChI is InChI=1S/C11H15NO3/c12-9-4-3-5-10(8-9)15-7-2-1-6-11(13)14/h3-5,8H,1-2,6-7,12H2,(H,13,14). The number of aliphatic carboxylic acids is 1. The molecule has 1 aromatic rings. The number of rotatable bonds is 6. The van der Waals surface area contributed by atoms with Gasteiger partial charge in [0.1, 0.15) is 5.75 Å². The van der Waals surface area contributed by atoms with Gasteiger partial charge in [0.2, 0.25) is 0 Å². The molecule has 4 heteroatoms. The molecule has 0 saturated carbocycles. The molecule has 1 aromatic carbocycles. The highest BCUT2D eigenvalue weighted by atomic mass is 16.5. The smallest absolute Gasteiger partial charge is 0.303 e. The van der Waals surface area contributed by atoms with Gasteiger partial charge >= 0.3 is 5.97 Å². The van der Waals surface area contributed by atoms with Crippen molar-refractivity contribution in [3.05, 3.63) is 24.3 Å². The van der Waals surface area contributed by atoms with E-state index in [-0.39, 0.29) is 6.42 Å². The summed E-state index contributed by atoms with van der Waals surface area (Å²) in [6.07, 6.45) is 1.57. The van der Waals surface area contributed by atoms with Gasteiger partial charge in [0, 0.05) is 18.2 Å². The first-order valence-electron chi connectivity index (χ1n) is 4.88. The van der Waals surface area contributed by atoms with Crippen molar-refractivity contribution in [3.63, 3.8) is 0 Å². The van der Waals surface area contributed by atoms with Crippen LogP contribution in [0.4, 0.5) is 5.69 Å². The van der Waals surface area contributed by atoms with Crippen LogP contribution in [0.5, 0.6) is 5.75 Å². The number of unbranched alkanes of at least 4 members (excludes halogenated alkanes) is 1. The Morgan fingerprint density at radius 3 is 2.87 bits per heavy atom. The minimum absolute atomic E-state index is 0.195. The fourth-order valence-electron chi connectivity index (χ4n) is 1.17. The van der Waals surface area contributed by atoms with E-state index in [0.717, 1.165) is 12.2 Å². The van der Waals surface area contributed by atoms with Crippen LogP contribution in [0.3, 0.4) is 0 Å². The van der Waals surface area contributed by atoms with Crippen LogP contribution in [0.1, 0.15) is 19.3 Å². The molecule has 0 amide bonds. The summed E-state index contributed by atoms with van der Waals surface area (Å²) in [4.78, 5) is 10.2. The Morgan fingerprint density at radius 2 is 2.20 bits per heavy atom. The van der Waals surface area contributed by atoms with E-state index in [2.05, 4.69) is 0 Å². The van der Waals surface area contributed by atoms with Crippen LogP contribution in [-0.4, -0.2) is 17.7 Å². The third-order valence-corrected chi connectivity index (χ3v) is 1.91. The Kier molecular flexibility index (Phi) is 4.47. The van der Waals surface area contributed by atoms with Crippen LogP contribution in [0.15, 0.2) is 24.3 Å². The highest BCUT2D eigenvalue weighted by Gasteiger charge is 1.97. The van der Waals surface area contributed by atoms with E-state index in [1.807, 2.05) is 12.1 Å². The molecular formula is C11H15NO3. The number of nitrogen functional groups attached to an aromatic ring is 1. The maximum absolute atomic E-state index is 10.2. The molecule has 0 aliphatic rings. The van der Waals surface area contributed by atoms with Gasteiger partial charge in [-0.05, 0) is 25.0 Å². The SMILES string of the molecule is Nc1cccc(OCCCCC(=O)O)c1. The Balaban J connectivity index is 2.17. The first-order chi connectivity index (χ1) is 7.18. The molecule has 0 atom stereocenters. The number of carboxylic acid groups (broad SMARTS) is 1. The van der Waals surface area contributed by atoms with E-state index in [1.165, 1.54) is 0 Å². The molecule has 15 heavy (non-hydrogen) atoms. The largest absolute Gasteiger partial charge is 0.494 e. The first-order valence-corrected chi connectivity index (χ1v) is 4.88. The lowest BCUT2D eigenvalue weighted by Crippen LogP contribution is -2.00. The number of ether oxygens (including phenoxy) is 1. The average Bonchev–Trinajstić information content (AvgIpc) is 2.17. The summed E-state index contributed by atoms with van der Waals surface area (Å²) in [6.45, 7) is 0.525. The molecule has 0 bridgehead atoms. The van der Waals surface area contributed by atoms with Crippen LogP contribution in [-0.2, 0) is 4.79 Å². The molecule has 82 valence electrons. The maximum atomic E-state index is 10.2. The summed E-state index contributed by atoms with van der Waals surface area (Å²) >= 11 is 0. The van der Waals surface area contributed by atoms with E-state index in [0.29, 0.717) is 18.7 Å². The van der Waals surface area contributed by atoms with Crippen molar-refractivity contribution < 1.29 is 14.6 Å². The van der Waals surface area contributed by atoms with Gasteiger partial charge in [0.25, 0.3) is 0 Å². The second-order valence-electron chi connectivity index (χ2n) is 3.27. The van der Waals surface area contributed by atoms with Crippen molar-refractivity contribution in [2.75, 3.05) is 12.3 Å². The first kappa shape index (κ1) is 11.4. The van der Waals surface area contributed by atoms with Gasteiger partial charge in [-0.3, -0.25) is 4.79 Å². The van der Waals surface area contributed by atoms with Gasteiger partial charge in [0.05, 0.1) is 6.61 Å². The second-order valence-corrected chi connectivity index (χ2v) is 3.27. The van der Waals surface area contributed by atoms with E-state index in [4.69, 9.17) is 15.6 Å². The molecule has 0 spiro atoms. The Hall–Kier alpha value is -1.71. The zero-order chi connectivity index (χ0) is 11.1. The van der Waals surface area contributed by atoms with Crippen molar-refractivity contribution in [1.82, 2.24) is 0 Å². The van der Waals surface area contributed by atoms with Crippen molar-refractivity contribution in [2.45, 2.75) is 19.3 Å². The van der Waals surface area contributed by atoms with Crippen molar-refractivity contribution in [1.29, 1.82) is 0 Å². The number of hydrogen-bond acceptors (Lipinski definition) is 3. The molecule has 0 unspecified atom stereocenters. The zero-order valence-corrected chi connectivity index (χ0v) is 8.48. The van der Waals surface area contributed by atoms with Crippen molar-refractivity contribution in [2.24, 2.45) is 0 Å². The fourth-order valence-corrected chi connectivity index (χ4v) is 1.17. The molecule has 4 nitrogen and oxygen atoms in total. The summed E-state index contributed by atoms with van der Waals surface area (Å²) in [5, 5.41) is 8.41. The van der Waals surface area contributed by atoms with E-state index >= 15 is 0 Å². The van der Waals surface area contributed by atoms with Gasteiger partial charge in [-0.2, -0.15) is 0 Å². The third kappa shape index (κ3) is 4.90. The summed E-state index contributed by atoms with van der Waals surface area (Å²) in [5.41, 5.74) is 6.24. The predicted molar refractivity (Wildman–Crippen MR) is 57.8 cm³/mol. The second kappa shape index (κ2) is 5.90. The summed E-state index contributed by atoms with van der Waals surface area (Å²) in [7, 11) is 0. The highest BCUT2D eigenvalue weighted by molar-refractivity contribution is 5.66. The number of carbonyl (C=O) groups is 1. The molecule has 0 saturated heterocycles. The lowest BCUT2D eigenvalue weighted by Gasteiger charge is -2.05. The van der Waals surface area contributed by atoms with Crippen molar-refractivity contribution >= 4 is 11.7 Å². The molecule has 0 aliphatic carbocycles. The quantitative estimate of drug-likeness (QED) is 0.554. The number of anilines is 1. The van der Waals surface area contributed by atoms with Crippen LogP contribution in [0, 0.1) is 0 Å². The van der Waals surface area contributed by atoms with Gasteiger partial charge in [-0.1, -0.05) is 6.07 Å².